The molecule has 0 heterocycles. The molecule has 0 aliphatic rings. The summed E-state index contributed by atoms with van der Waals surface area (Å²) in [6.45, 7) is 4.46. The Hall–Kier alpha value is -3.06. The summed E-state index contributed by atoms with van der Waals surface area (Å²) in [5, 5.41) is 15.1. The van der Waals surface area contributed by atoms with Crippen molar-refractivity contribution < 1.29 is 4.79 Å². The number of nitrogens with zero attached hydrogens (tertiary/aromatic N) is 1. The molecule has 24 heavy (non-hydrogen) atoms. The largest absolute Gasteiger partial charge is 0.360 e. The van der Waals surface area contributed by atoms with Gasteiger partial charge in [-0.15, -0.1) is 0 Å². The highest BCUT2D eigenvalue weighted by Gasteiger charge is 2.09. The number of carbonyl (C=O) groups is 1. The average Bonchev–Trinajstić information content (AvgIpc) is 2.62. The summed E-state index contributed by atoms with van der Waals surface area (Å²) in [7, 11) is 0. The number of hydrogen-bond acceptors (Lipinski definition) is 3. The maximum atomic E-state index is 12.2. The van der Waals surface area contributed by atoms with Crippen LogP contribution < -0.4 is 10.6 Å². The van der Waals surface area contributed by atoms with Crippen LogP contribution >= 0.6 is 0 Å². The highest BCUT2D eigenvalue weighted by atomic mass is 16.1. The second kappa shape index (κ2) is 8.54. The number of amides is 1. The lowest BCUT2D eigenvalue weighted by Crippen LogP contribution is -2.24. The van der Waals surface area contributed by atoms with E-state index in [-0.39, 0.29) is 11.5 Å². The van der Waals surface area contributed by atoms with Gasteiger partial charge in [0.15, 0.2) is 0 Å². The molecule has 0 aliphatic heterocycles. The highest BCUT2D eigenvalue weighted by molar-refractivity contribution is 5.97. The van der Waals surface area contributed by atoms with Gasteiger partial charge in [0, 0.05) is 18.4 Å². The molecule has 0 bridgehead atoms. The van der Waals surface area contributed by atoms with Crippen molar-refractivity contribution in [2.24, 2.45) is 0 Å². The molecular formula is C20H21N3O. The maximum absolute atomic E-state index is 12.2. The Balaban J connectivity index is 2.07. The van der Waals surface area contributed by atoms with Gasteiger partial charge in [0.2, 0.25) is 0 Å². The minimum atomic E-state index is -0.388. The fourth-order valence-electron chi connectivity index (χ4n) is 2.40. The number of nitriles is 1. The Morgan fingerprint density at radius 2 is 1.92 bits per heavy atom. The monoisotopic (exact) mass is 319 g/mol. The third-order valence-corrected chi connectivity index (χ3v) is 3.76. The van der Waals surface area contributed by atoms with Crippen LogP contribution in [0.15, 0.2) is 60.3 Å². The third kappa shape index (κ3) is 4.47. The molecule has 1 amide bonds. The van der Waals surface area contributed by atoms with Crippen molar-refractivity contribution in [1.82, 2.24) is 5.32 Å². The van der Waals surface area contributed by atoms with Crippen LogP contribution in [0.5, 0.6) is 0 Å². The topological polar surface area (TPSA) is 64.9 Å². The van der Waals surface area contributed by atoms with Crippen LogP contribution in [0.1, 0.15) is 23.6 Å². The predicted octanol–water partition coefficient (Wildman–Crippen LogP) is 3.69. The first-order valence-electron chi connectivity index (χ1n) is 7.93. The van der Waals surface area contributed by atoms with Crippen molar-refractivity contribution in [3.63, 3.8) is 0 Å². The van der Waals surface area contributed by atoms with E-state index in [1.807, 2.05) is 61.5 Å². The molecule has 0 fully saturated rings. The Morgan fingerprint density at radius 1 is 1.17 bits per heavy atom. The molecular weight excluding hydrogens is 298 g/mol. The first-order valence-corrected chi connectivity index (χ1v) is 7.93. The average molecular weight is 319 g/mol. The summed E-state index contributed by atoms with van der Waals surface area (Å²) in [6.07, 6.45) is 2.35. The van der Waals surface area contributed by atoms with E-state index in [2.05, 4.69) is 17.6 Å². The lowest BCUT2D eigenvalue weighted by Gasteiger charge is -2.11. The van der Waals surface area contributed by atoms with Gasteiger partial charge in [0.1, 0.15) is 11.6 Å². The van der Waals surface area contributed by atoms with E-state index in [1.165, 1.54) is 6.20 Å². The zero-order chi connectivity index (χ0) is 17.4. The first kappa shape index (κ1) is 17.3. The number of hydrogen-bond donors (Lipinski definition) is 2. The number of aryl methyl sites for hydroxylation is 2. The molecule has 2 N–H and O–H groups in total. The van der Waals surface area contributed by atoms with Gasteiger partial charge in [-0.2, -0.15) is 5.26 Å². The van der Waals surface area contributed by atoms with Gasteiger partial charge in [-0.25, -0.2) is 0 Å². The van der Waals surface area contributed by atoms with Crippen LogP contribution in [-0.4, -0.2) is 5.91 Å². The van der Waals surface area contributed by atoms with E-state index < -0.39 is 0 Å². The Morgan fingerprint density at radius 3 is 2.58 bits per heavy atom. The van der Waals surface area contributed by atoms with E-state index in [4.69, 9.17) is 0 Å². The lowest BCUT2D eigenvalue weighted by molar-refractivity contribution is -0.117. The maximum Gasteiger partial charge on any atom is 0.263 e. The van der Waals surface area contributed by atoms with Crippen LogP contribution in [0.2, 0.25) is 0 Å². The van der Waals surface area contributed by atoms with E-state index in [9.17, 15) is 10.1 Å². The van der Waals surface area contributed by atoms with Gasteiger partial charge in [0.05, 0.1) is 0 Å². The van der Waals surface area contributed by atoms with Crippen molar-refractivity contribution in [3.05, 3.63) is 77.0 Å². The van der Waals surface area contributed by atoms with Crippen LogP contribution in [0, 0.1) is 18.3 Å². The summed E-state index contributed by atoms with van der Waals surface area (Å²) < 4.78 is 0. The normalized spacial score (nSPS) is 10.8. The summed E-state index contributed by atoms with van der Waals surface area (Å²) in [5.74, 6) is -0.388. The number of benzene rings is 2. The van der Waals surface area contributed by atoms with E-state index in [0.29, 0.717) is 6.54 Å². The standard InChI is InChI=1S/C20H21N3O/c1-3-17-11-7-8-15(2)19(17)22-14-18(12-21)20(24)23-13-16-9-5-4-6-10-16/h4-11,14,22H,3,13H2,1-2H3,(H,23,24)/b18-14-. The summed E-state index contributed by atoms with van der Waals surface area (Å²) >= 11 is 0. The fourth-order valence-corrected chi connectivity index (χ4v) is 2.40. The summed E-state index contributed by atoms with van der Waals surface area (Å²) in [5.41, 5.74) is 4.21. The smallest absolute Gasteiger partial charge is 0.263 e. The van der Waals surface area contributed by atoms with Gasteiger partial charge < -0.3 is 10.6 Å². The molecule has 122 valence electrons. The Kier molecular flexibility index (Phi) is 6.16. The molecule has 0 unspecified atom stereocenters. The molecule has 0 aliphatic carbocycles. The minimum absolute atomic E-state index is 0.0521. The molecule has 0 saturated heterocycles. The van der Waals surface area contributed by atoms with Crippen molar-refractivity contribution in [3.8, 4) is 6.07 Å². The Bertz CT molecular complexity index is 773. The molecule has 0 aromatic heterocycles. The Labute approximate surface area is 142 Å². The molecule has 2 aromatic rings. The van der Waals surface area contributed by atoms with Crippen LogP contribution in [-0.2, 0) is 17.8 Å². The molecule has 4 nitrogen and oxygen atoms in total. The summed E-state index contributed by atoms with van der Waals surface area (Å²) in [4.78, 5) is 12.2. The quantitative estimate of drug-likeness (QED) is 0.630. The number of rotatable bonds is 6. The molecule has 4 heteroatoms. The van der Waals surface area contributed by atoms with Crippen LogP contribution in [0.3, 0.4) is 0 Å². The molecule has 0 saturated carbocycles. The molecule has 0 radical (unpaired) electrons. The molecule has 2 aromatic carbocycles. The molecule has 2 rings (SSSR count). The van der Waals surface area contributed by atoms with Gasteiger partial charge in [-0.05, 0) is 30.0 Å². The van der Waals surface area contributed by atoms with Gasteiger partial charge in [-0.3, -0.25) is 4.79 Å². The fraction of sp³-hybridized carbons (Fsp3) is 0.200. The molecule has 0 atom stereocenters. The minimum Gasteiger partial charge on any atom is -0.360 e. The van der Waals surface area contributed by atoms with Gasteiger partial charge >= 0.3 is 0 Å². The highest BCUT2D eigenvalue weighted by Crippen LogP contribution is 2.21. The second-order valence-corrected chi connectivity index (χ2v) is 5.45. The third-order valence-electron chi connectivity index (χ3n) is 3.76. The zero-order valence-corrected chi connectivity index (χ0v) is 14.0. The second-order valence-electron chi connectivity index (χ2n) is 5.45. The van der Waals surface area contributed by atoms with Crippen molar-refractivity contribution in [2.75, 3.05) is 5.32 Å². The number of anilines is 1. The van der Waals surface area contributed by atoms with Crippen LogP contribution in [0.25, 0.3) is 0 Å². The van der Waals surface area contributed by atoms with Crippen molar-refractivity contribution in [2.45, 2.75) is 26.8 Å². The lowest BCUT2D eigenvalue weighted by atomic mass is 10.1. The number of para-hydroxylation sites is 1. The number of nitrogens with one attached hydrogen (secondary N) is 2. The van der Waals surface area contributed by atoms with E-state index in [0.717, 1.165) is 28.8 Å². The van der Waals surface area contributed by atoms with Crippen molar-refractivity contribution in [1.29, 1.82) is 5.26 Å². The van der Waals surface area contributed by atoms with Crippen molar-refractivity contribution >= 4 is 11.6 Å². The summed E-state index contributed by atoms with van der Waals surface area (Å²) in [6, 6.07) is 17.6. The SMILES string of the molecule is CCc1cccc(C)c1N/C=C(/C#N)C(=O)NCc1ccccc1. The molecule has 0 spiro atoms. The zero-order valence-electron chi connectivity index (χ0n) is 14.0. The first-order chi connectivity index (χ1) is 11.7. The van der Waals surface area contributed by atoms with Crippen LogP contribution in [0.4, 0.5) is 5.69 Å². The van der Waals surface area contributed by atoms with Gasteiger partial charge in [0.25, 0.3) is 5.91 Å². The van der Waals surface area contributed by atoms with Gasteiger partial charge in [-0.1, -0.05) is 55.5 Å². The number of carbonyl (C=O) groups excluding carboxylic acids is 1. The van der Waals surface area contributed by atoms with E-state index in [1.54, 1.807) is 0 Å². The predicted molar refractivity (Wildman–Crippen MR) is 96.2 cm³/mol. The van der Waals surface area contributed by atoms with E-state index >= 15 is 0 Å².